The Morgan fingerprint density at radius 3 is 2.95 bits per heavy atom. The Labute approximate surface area is 125 Å². The Bertz CT molecular complexity index is 791. The van der Waals surface area contributed by atoms with Gasteiger partial charge in [0.1, 0.15) is 12.1 Å². The molecule has 0 saturated heterocycles. The van der Waals surface area contributed by atoms with E-state index in [9.17, 15) is 9.90 Å². The maximum atomic E-state index is 12.2. The summed E-state index contributed by atoms with van der Waals surface area (Å²) in [5, 5.41) is 16.0. The summed E-state index contributed by atoms with van der Waals surface area (Å²) in [5.41, 5.74) is 1.15. The lowest BCUT2D eigenvalue weighted by atomic mass is 10.1. The molecule has 3 aromatic rings. The van der Waals surface area contributed by atoms with Gasteiger partial charge in [-0.2, -0.15) is 5.10 Å². The molecule has 2 N–H and O–H groups in total. The Balaban J connectivity index is 1.82. The highest BCUT2D eigenvalue weighted by atomic mass is 16.3. The van der Waals surface area contributed by atoms with Gasteiger partial charge in [0.25, 0.3) is 0 Å². The fourth-order valence-corrected chi connectivity index (χ4v) is 1.96. The van der Waals surface area contributed by atoms with E-state index in [2.05, 4.69) is 20.2 Å². The minimum atomic E-state index is -0.387. The Morgan fingerprint density at radius 1 is 1.32 bits per heavy atom. The van der Waals surface area contributed by atoms with E-state index < -0.39 is 0 Å². The Morgan fingerprint density at radius 2 is 2.23 bits per heavy atom. The zero-order valence-corrected chi connectivity index (χ0v) is 11.4. The van der Waals surface area contributed by atoms with Crippen molar-refractivity contribution in [3.63, 3.8) is 0 Å². The number of pyridine rings is 1. The molecule has 0 saturated carbocycles. The number of nitrogens with zero attached hydrogens (tertiary/aromatic N) is 3. The minimum absolute atomic E-state index is 0.0584. The van der Waals surface area contributed by atoms with Crippen molar-refractivity contribution in [1.29, 1.82) is 0 Å². The number of aromatic nitrogens is 4. The molecule has 0 atom stereocenters. The average molecular weight is 296 g/mol. The van der Waals surface area contributed by atoms with Crippen molar-refractivity contribution in [2.45, 2.75) is 6.42 Å². The van der Waals surface area contributed by atoms with E-state index >= 15 is 0 Å². The number of aromatic amines is 1. The topological polar surface area (TPSA) is 105 Å². The SMILES string of the molecule is O=C(C=C(O)c1nc[nH]n1)c1ccoc1Cc1ccccn1. The van der Waals surface area contributed by atoms with E-state index in [0.29, 0.717) is 17.7 Å². The van der Waals surface area contributed by atoms with Crippen LogP contribution in [0, 0.1) is 0 Å². The standard InChI is InChI=1S/C15H12N4O3/c20-12(8-13(21)15-17-9-18-19-15)11-4-6-22-14(11)7-10-3-1-2-5-16-10/h1-6,8-9,21H,7H2,(H,17,18,19). The predicted octanol–water partition coefficient (Wildman–Crippen LogP) is 2.17. The summed E-state index contributed by atoms with van der Waals surface area (Å²) in [6.45, 7) is 0. The van der Waals surface area contributed by atoms with Crippen LogP contribution in [0.2, 0.25) is 0 Å². The number of aliphatic hydroxyl groups excluding tert-OH is 1. The number of aliphatic hydroxyl groups is 1. The average Bonchev–Trinajstić information content (AvgIpc) is 3.19. The van der Waals surface area contributed by atoms with E-state index in [1.807, 2.05) is 18.2 Å². The first kappa shape index (κ1) is 13.7. The van der Waals surface area contributed by atoms with Crippen LogP contribution in [0.3, 0.4) is 0 Å². The van der Waals surface area contributed by atoms with E-state index in [4.69, 9.17) is 4.42 Å². The highest BCUT2D eigenvalue weighted by Crippen LogP contribution is 2.17. The lowest BCUT2D eigenvalue weighted by molar-refractivity contribution is 0.104. The van der Waals surface area contributed by atoms with Gasteiger partial charge in [0.05, 0.1) is 11.8 Å². The molecule has 0 spiro atoms. The third-order valence-corrected chi connectivity index (χ3v) is 2.99. The molecule has 0 amide bonds. The fraction of sp³-hybridized carbons (Fsp3) is 0.0667. The molecule has 22 heavy (non-hydrogen) atoms. The van der Waals surface area contributed by atoms with E-state index in [-0.39, 0.29) is 17.4 Å². The molecule has 0 aliphatic rings. The molecule has 3 rings (SSSR count). The maximum Gasteiger partial charge on any atom is 0.215 e. The number of rotatable bonds is 5. The number of allylic oxidation sites excluding steroid dienone is 1. The number of H-pyrrole nitrogens is 1. The highest BCUT2D eigenvalue weighted by Gasteiger charge is 2.15. The molecular weight excluding hydrogens is 284 g/mol. The van der Waals surface area contributed by atoms with Gasteiger partial charge in [-0.05, 0) is 18.2 Å². The predicted molar refractivity (Wildman–Crippen MR) is 77.1 cm³/mol. The van der Waals surface area contributed by atoms with Gasteiger partial charge in [-0.1, -0.05) is 6.07 Å². The second kappa shape index (κ2) is 6.04. The van der Waals surface area contributed by atoms with Crippen LogP contribution < -0.4 is 0 Å². The number of hydrogen-bond donors (Lipinski definition) is 2. The summed E-state index contributed by atoms with van der Waals surface area (Å²) in [6.07, 6.45) is 5.88. The number of nitrogens with one attached hydrogen (secondary N) is 1. The summed E-state index contributed by atoms with van der Waals surface area (Å²) in [6, 6.07) is 7.08. The van der Waals surface area contributed by atoms with Crippen molar-refractivity contribution >= 4 is 11.5 Å². The minimum Gasteiger partial charge on any atom is -0.504 e. The first-order chi connectivity index (χ1) is 10.7. The molecule has 3 aromatic heterocycles. The molecule has 7 heteroatoms. The van der Waals surface area contributed by atoms with Crippen molar-refractivity contribution in [2.24, 2.45) is 0 Å². The Kier molecular flexibility index (Phi) is 3.78. The summed E-state index contributed by atoms with van der Waals surface area (Å²) >= 11 is 0. The zero-order valence-electron chi connectivity index (χ0n) is 11.4. The van der Waals surface area contributed by atoms with Crippen LogP contribution in [0.15, 0.2) is 53.5 Å². The van der Waals surface area contributed by atoms with E-state index in [1.54, 1.807) is 12.3 Å². The van der Waals surface area contributed by atoms with Crippen molar-refractivity contribution in [2.75, 3.05) is 0 Å². The fourth-order valence-electron chi connectivity index (χ4n) is 1.96. The molecule has 0 radical (unpaired) electrons. The molecule has 0 unspecified atom stereocenters. The van der Waals surface area contributed by atoms with Gasteiger partial charge in [0, 0.05) is 24.4 Å². The zero-order chi connectivity index (χ0) is 15.4. The second-order valence-corrected chi connectivity index (χ2v) is 4.47. The van der Waals surface area contributed by atoms with Crippen LogP contribution in [-0.4, -0.2) is 31.1 Å². The normalized spacial score (nSPS) is 11.5. The van der Waals surface area contributed by atoms with Crippen LogP contribution in [0.25, 0.3) is 5.76 Å². The Hall–Kier alpha value is -3.22. The molecule has 0 aliphatic heterocycles. The first-order valence-electron chi connectivity index (χ1n) is 6.51. The molecule has 0 bridgehead atoms. The van der Waals surface area contributed by atoms with Crippen LogP contribution in [-0.2, 0) is 6.42 Å². The van der Waals surface area contributed by atoms with Gasteiger partial charge in [0.2, 0.25) is 5.82 Å². The monoisotopic (exact) mass is 296 g/mol. The largest absolute Gasteiger partial charge is 0.504 e. The van der Waals surface area contributed by atoms with E-state index in [1.165, 1.54) is 12.6 Å². The van der Waals surface area contributed by atoms with Crippen LogP contribution >= 0.6 is 0 Å². The summed E-state index contributed by atoms with van der Waals surface area (Å²) in [7, 11) is 0. The van der Waals surface area contributed by atoms with Crippen LogP contribution in [0.4, 0.5) is 0 Å². The third-order valence-electron chi connectivity index (χ3n) is 2.99. The van der Waals surface area contributed by atoms with Crippen molar-refractivity contribution in [1.82, 2.24) is 20.2 Å². The van der Waals surface area contributed by atoms with Gasteiger partial charge in [-0.25, -0.2) is 4.98 Å². The lowest BCUT2D eigenvalue weighted by Crippen LogP contribution is -2.01. The quantitative estimate of drug-likeness (QED) is 0.424. The summed E-state index contributed by atoms with van der Waals surface area (Å²) in [5.74, 6) is -0.149. The number of ketones is 1. The molecule has 3 heterocycles. The van der Waals surface area contributed by atoms with Crippen molar-refractivity contribution in [3.8, 4) is 0 Å². The number of carbonyl (C=O) groups is 1. The first-order valence-corrected chi connectivity index (χ1v) is 6.51. The summed E-state index contributed by atoms with van der Waals surface area (Å²) in [4.78, 5) is 20.2. The smallest absolute Gasteiger partial charge is 0.215 e. The van der Waals surface area contributed by atoms with Gasteiger partial charge in [-0.15, -0.1) is 0 Å². The molecule has 0 aromatic carbocycles. The number of furan rings is 1. The van der Waals surface area contributed by atoms with Gasteiger partial charge < -0.3 is 9.52 Å². The van der Waals surface area contributed by atoms with Crippen LogP contribution in [0.1, 0.15) is 27.6 Å². The third kappa shape index (κ3) is 2.93. The van der Waals surface area contributed by atoms with Crippen molar-refractivity contribution < 1.29 is 14.3 Å². The van der Waals surface area contributed by atoms with E-state index in [0.717, 1.165) is 11.8 Å². The number of carbonyl (C=O) groups excluding carboxylic acids is 1. The molecular formula is C15H12N4O3. The number of hydrogen-bond acceptors (Lipinski definition) is 6. The van der Waals surface area contributed by atoms with Gasteiger partial charge in [-0.3, -0.25) is 14.9 Å². The molecule has 7 nitrogen and oxygen atoms in total. The van der Waals surface area contributed by atoms with Crippen LogP contribution in [0.5, 0.6) is 0 Å². The van der Waals surface area contributed by atoms with Gasteiger partial charge in [0.15, 0.2) is 11.5 Å². The maximum absolute atomic E-state index is 12.2. The second-order valence-electron chi connectivity index (χ2n) is 4.47. The molecule has 110 valence electrons. The van der Waals surface area contributed by atoms with Gasteiger partial charge >= 0.3 is 0 Å². The van der Waals surface area contributed by atoms with Crippen molar-refractivity contribution in [3.05, 3.63) is 72.0 Å². The molecule has 0 fully saturated rings. The summed E-state index contributed by atoms with van der Waals surface area (Å²) < 4.78 is 5.35. The molecule has 0 aliphatic carbocycles. The highest BCUT2D eigenvalue weighted by molar-refractivity contribution is 6.08. The lowest BCUT2D eigenvalue weighted by Gasteiger charge is -2.00.